The maximum atomic E-state index is 12.2. The predicted octanol–water partition coefficient (Wildman–Crippen LogP) is 4.22. The van der Waals surface area contributed by atoms with E-state index in [0.717, 1.165) is 32.1 Å². The number of ether oxygens (including phenoxy) is 1. The van der Waals surface area contributed by atoms with E-state index in [1.165, 1.54) is 11.1 Å². The van der Waals surface area contributed by atoms with Gasteiger partial charge in [-0.3, -0.25) is 4.79 Å². The van der Waals surface area contributed by atoms with Crippen LogP contribution in [0.3, 0.4) is 0 Å². The fourth-order valence-corrected chi connectivity index (χ4v) is 2.89. The quantitative estimate of drug-likeness (QED) is 0.758. The van der Waals surface area contributed by atoms with Crippen molar-refractivity contribution in [3.8, 4) is 0 Å². The molecule has 1 aliphatic rings. The van der Waals surface area contributed by atoms with Gasteiger partial charge >= 0.3 is 5.97 Å². The zero-order valence-electron chi connectivity index (χ0n) is 12.2. The molecule has 2 nitrogen and oxygen atoms in total. The monoisotopic (exact) mass is 260 g/mol. The number of carbonyl (C=O) groups excluding carboxylic acids is 1. The number of carbonyl (C=O) groups is 1. The van der Waals surface area contributed by atoms with E-state index in [2.05, 4.69) is 25.1 Å². The second-order valence-corrected chi connectivity index (χ2v) is 5.59. The minimum Gasteiger partial charge on any atom is -0.454 e. The van der Waals surface area contributed by atoms with Crippen LogP contribution in [0.5, 0.6) is 0 Å². The van der Waals surface area contributed by atoms with Gasteiger partial charge in [0.25, 0.3) is 0 Å². The van der Waals surface area contributed by atoms with E-state index in [1.807, 2.05) is 19.9 Å². The van der Waals surface area contributed by atoms with E-state index in [4.69, 9.17) is 4.74 Å². The minimum absolute atomic E-state index is 0.0162. The Labute approximate surface area is 116 Å². The minimum atomic E-state index is -0.393. The van der Waals surface area contributed by atoms with Crippen LogP contribution in [0.4, 0.5) is 0 Å². The van der Waals surface area contributed by atoms with Crippen LogP contribution in [0.1, 0.15) is 57.6 Å². The molecule has 2 atom stereocenters. The summed E-state index contributed by atoms with van der Waals surface area (Å²) in [5, 5.41) is 0. The van der Waals surface area contributed by atoms with Gasteiger partial charge in [0, 0.05) is 0 Å². The Kier molecular flexibility index (Phi) is 4.28. The highest BCUT2D eigenvalue weighted by Gasteiger charge is 2.39. The van der Waals surface area contributed by atoms with Gasteiger partial charge < -0.3 is 4.74 Å². The standard InChI is InChI=1S/C17H24O2/c1-4-13(3)16(18)19-17(5-2)12-8-10-14-9-6-7-11-15(14)17/h6-7,9,11,13H,4-5,8,10,12H2,1-3H3. The van der Waals surface area contributed by atoms with Gasteiger partial charge in [-0.2, -0.15) is 0 Å². The van der Waals surface area contributed by atoms with Gasteiger partial charge in [0.05, 0.1) is 5.92 Å². The summed E-state index contributed by atoms with van der Waals surface area (Å²) in [6.07, 6.45) is 4.83. The number of esters is 1. The Hall–Kier alpha value is -1.31. The summed E-state index contributed by atoms with van der Waals surface area (Å²) >= 11 is 0. The predicted molar refractivity (Wildman–Crippen MR) is 76.9 cm³/mol. The average molecular weight is 260 g/mol. The lowest BCUT2D eigenvalue weighted by Gasteiger charge is -2.38. The van der Waals surface area contributed by atoms with Crippen LogP contribution in [0.15, 0.2) is 24.3 Å². The van der Waals surface area contributed by atoms with Crippen LogP contribution >= 0.6 is 0 Å². The SMILES string of the molecule is CCC(C)C(=O)OC1(CC)CCCc2ccccc21. The normalized spacial score (nSPS) is 23.5. The van der Waals surface area contributed by atoms with Gasteiger partial charge in [-0.25, -0.2) is 0 Å². The summed E-state index contributed by atoms with van der Waals surface area (Å²) in [6, 6.07) is 8.41. The molecule has 2 unspecified atom stereocenters. The van der Waals surface area contributed by atoms with Crippen molar-refractivity contribution in [2.45, 2.75) is 58.5 Å². The molecule has 0 radical (unpaired) electrons. The van der Waals surface area contributed by atoms with Crippen LogP contribution in [0.2, 0.25) is 0 Å². The zero-order valence-corrected chi connectivity index (χ0v) is 12.2. The van der Waals surface area contributed by atoms with E-state index in [9.17, 15) is 4.79 Å². The lowest BCUT2D eigenvalue weighted by molar-refractivity contribution is -0.168. The van der Waals surface area contributed by atoms with Crippen LogP contribution in [0, 0.1) is 5.92 Å². The van der Waals surface area contributed by atoms with Gasteiger partial charge in [-0.1, -0.05) is 45.0 Å². The summed E-state index contributed by atoms with van der Waals surface area (Å²) in [5.74, 6) is -0.0708. The number of hydrogen-bond acceptors (Lipinski definition) is 2. The largest absolute Gasteiger partial charge is 0.454 e. The van der Waals surface area contributed by atoms with Gasteiger partial charge in [0.2, 0.25) is 0 Å². The first-order chi connectivity index (χ1) is 9.13. The zero-order chi connectivity index (χ0) is 13.9. The van der Waals surface area contributed by atoms with Crippen molar-refractivity contribution < 1.29 is 9.53 Å². The Morgan fingerprint density at radius 3 is 2.79 bits per heavy atom. The van der Waals surface area contributed by atoms with Gasteiger partial charge in [0.1, 0.15) is 5.60 Å². The van der Waals surface area contributed by atoms with E-state index < -0.39 is 5.60 Å². The van der Waals surface area contributed by atoms with Crippen molar-refractivity contribution in [2.24, 2.45) is 5.92 Å². The molecule has 0 aromatic heterocycles. The van der Waals surface area contributed by atoms with Crippen LogP contribution in [0.25, 0.3) is 0 Å². The highest BCUT2D eigenvalue weighted by molar-refractivity contribution is 5.72. The Bertz CT molecular complexity index is 452. The third-order valence-corrected chi connectivity index (χ3v) is 4.42. The molecule has 1 aromatic carbocycles. The number of rotatable bonds is 4. The summed E-state index contributed by atoms with van der Waals surface area (Å²) in [7, 11) is 0. The van der Waals surface area contributed by atoms with Crippen LogP contribution in [-0.4, -0.2) is 5.97 Å². The van der Waals surface area contributed by atoms with Crippen molar-refractivity contribution in [3.05, 3.63) is 35.4 Å². The summed E-state index contributed by atoms with van der Waals surface area (Å²) in [5.41, 5.74) is 2.17. The van der Waals surface area contributed by atoms with Gasteiger partial charge in [-0.05, 0) is 43.2 Å². The van der Waals surface area contributed by atoms with E-state index in [1.54, 1.807) is 0 Å². The first-order valence-corrected chi connectivity index (χ1v) is 7.44. The van der Waals surface area contributed by atoms with Crippen LogP contribution < -0.4 is 0 Å². The van der Waals surface area contributed by atoms with Crippen molar-refractivity contribution in [2.75, 3.05) is 0 Å². The second-order valence-electron chi connectivity index (χ2n) is 5.59. The molecule has 0 saturated heterocycles. The van der Waals surface area contributed by atoms with Gasteiger partial charge in [-0.15, -0.1) is 0 Å². The molecule has 0 aliphatic heterocycles. The molecule has 0 fully saturated rings. The number of aryl methyl sites for hydroxylation is 1. The molecule has 0 bridgehead atoms. The van der Waals surface area contributed by atoms with Gasteiger partial charge in [0.15, 0.2) is 0 Å². The lowest BCUT2D eigenvalue weighted by atomic mass is 9.77. The molecule has 1 aromatic rings. The summed E-state index contributed by atoms with van der Waals surface area (Å²) in [4.78, 5) is 12.2. The van der Waals surface area contributed by atoms with E-state index in [0.29, 0.717) is 0 Å². The molecule has 1 aliphatic carbocycles. The number of fused-ring (bicyclic) bond motifs is 1. The highest BCUT2D eigenvalue weighted by Crippen LogP contribution is 2.41. The van der Waals surface area contributed by atoms with Crippen LogP contribution in [-0.2, 0) is 21.6 Å². The number of benzene rings is 1. The molecular formula is C17H24O2. The van der Waals surface area contributed by atoms with Crippen molar-refractivity contribution in [1.29, 1.82) is 0 Å². The van der Waals surface area contributed by atoms with Crippen molar-refractivity contribution in [1.82, 2.24) is 0 Å². The first kappa shape index (κ1) is 14.1. The maximum Gasteiger partial charge on any atom is 0.309 e. The third kappa shape index (κ3) is 2.68. The molecule has 0 amide bonds. The van der Waals surface area contributed by atoms with Crippen molar-refractivity contribution >= 4 is 5.97 Å². The lowest BCUT2D eigenvalue weighted by Crippen LogP contribution is -2.37. The average Bonchev–Trinajstić information content (AvgIpc) is 2.46. The fraction of sp³-hybridized carbons (Fsp3) is 0.588. The van der Waals surface area contributed by atoms with Crippen molar-refractivity contribution in [3.63, 3.8) is 0 Å². The maximum absolute atomic E-state index is 12.2. The Balaban J connectivity index is 2.31. The Morgan fingerprint density at radius 1 is 1.37 bits per heavy atom. The molecule has 104 valence electrons. The smallest absolute Gasteiger partial charge is 0.309 e. The second kappa shape index (κ2) is 5.77. The molecular weight excluding hydrogens is 236 g/mol. The third-order valence-electron chi connectivity index (χ3n) is 4.42. The molecule has 2 heteroatoms. The summed E-state index contributed by atoms with van der Waals surface area (Å²) in [6.45, 7) is 6.09. The molecule has 19 heavy (non-hydrogen) atoms. The molecule has 0 saturated carbocycles. The summed E-state index contributed by atoms with van der Waals surface area (Å²) < 4.78 is 5.97. The van der Waals surface area contributed by atoms with E-state index >= 15 is 0 Å². The highest BCUT2D eigenvalue weighted by atomic mass is 16.6. The first-order valence-electron chi connectivity index (χ1n) is 7.44. The molecule has 0 spiro atoms. The Morgan fingerprint density at radius 2 is 2.11 bits per heavy atom. The molecule has 0 N–H and O–H groups in total. The van der Waals surface area contributed by atoms with E-state index in [-0.39, 0.29) is 11.9 Å². The molecule has 0 heterocycles. The topological polar surface area (TPSA) is 26.3 Å². The molecule has 2 rings (SSSR count). The number of hydrogen-bond donors (Lipinski definition) is 0. The fourth-order valence-electron chi connectivity index (χ4n) is 2.89.